The van der Waals surface area contributed by atoms with Gasteiger partial charge in [0.1, 0.15) is 0 Å². The molecule has 0 radical (unpaired) electrons. The molecule has 6 nitrogen and oxygen atoms in total. The third-order valence-electron chi connectivity index (χ3n) is 5.11. The van der Waals surface area contributed by atoms with Crippen LogP contribution in [0.4, 0.5) is 10.5 Å². The predicted octanol–water partition coefficient (Wildman–Crippen LogP) is 4.62. The predicted molar refractivity (Wildman–Crippen MR) is 139 cm³/mol. The van der Waals surface area contributed by atoms with Crippen molar-refractivity contribution in [3.63, 3.8) is 0 Å². The van der Waals surface area contributed by atoms with Crippen LogP contribution in [-0.4, -0.2) is 43.1 Å². The topological polar surface area (TPSA) is 68.8 Å². The van der Waals surface area contributed by atoms with Gasteiger partial charge in [0, 0.05) is 31.9 Å². The van der Waals surface area contributed by atoms with Crippen LogP contribution in [0, 0.1) is 0 Å². The summed E-state index contributed by atoms with van der Waals surface area (Å²) in [6, 6.07) is 18.4. The van der Waals surface area contributed by atoms with Gasteiger partial charge < -0.3 is 20.9 Å². The second-order valence-corrected chi connectivity index (χ2v) is 7.54. The van der Waals surface area contributed by atoms with Gasteiger partial charge in [-0.05, 0) is 55.9 Å². The van der Waals surface area contributed by atoms with Gasteiger partial charge in [-0.2, -0.15) is 0 Å². The number of aliphatic imine (C=N–C) groups is 1. The first-order chi connectivity index (χ1) is 14.7. The Morgan fingerprint density at radius 1 is 1.00 bits per heavy atom. The zero-order chi connectivity index (χ0) is 21.0. The lowest BCUT2D eigenvalue weighted by Gasteiger charge is -2.16. The van der Waals surface area contributed by atoms with Crippen molar-refractivity contribution in [2.45, 2.75) is 39.2 Å². The number of carbonyl (C=O) groups is 1. The van der Waals surface area contributed by atoms with Crippen molar-refractivity contribution < 1.29 is 4.79 Å². The van der Waals surface area contributed by atoms with Gasteiger partial charge in [-0.3, -0.25) is 0 Å². The van der Waals surface area contributed by atoms with E-state index in [4.69, 9.17) is 4.99 Å². The van der Waals surface area contributed by atoms with Gasteiger partial charge >= 0.3 is 6.03 Å². The van der Waals surface area contributed by atoms with Crippen molar-refractivity contribution in [2.24, 2.45) is 4.99 Å². The molecule has 2 aromatic rings. The second-order valence-electron chi connectivity index (χ2n) is 7.54. The van der Waals surface area contributed by atoms with Crippen molar-refractivity contribution in [2.75, 3.05) is 31.5 Å². The zero-order valence-corrected chi connectivity index (χ0v) is 20.6. The number of nitrogens with zero attached hydrogens (tertiary/aromatic N) is 2. The number of likely N-dealkylation sites (tertiary alicyclic amines) is 1. The first-order valence-corrected chi connectivity index (χ1v) is 11.0. The summed E-state index contributed by atoms with van der Waals surface area (Å²) < 4.78 is 0. The Labute approximate surface area is 202 Å². The second kappa shape index (κ2) is 13.9. The number of nitrogens with one attached hydrogen (secondary N) is 3. The average molecular weight is 535 g/mol. The van der Waals surface area contributed by atoms with E-state index in [9.17, 15) is 4.79 Å². The first-order valence-electron chi connectivity index (χ1n) is 11.0. The van der Waals surface area contributed by atoms with Crippen LogP contribution in [0.1, 0.15) is 37.3 Å². The Hall–Kier alpha value is -2.29. The monoisotopic (exact) mass is 535 g/mol. The molecule has 2 aromatic carbocycles. The molecule has 1 aliphatic rings. The lowest BCUT2D eigenvalue weighted by atomic mass is 10.1. The number of urea groups is 1. The average Bonchev–Trinajstić information content (AvgIpc) is 3.31. The van der Waals surface area contributed by atoms with Gasteiger partial charge in [-0.25, -0.2) is 9.79 Å². The van der Waals surface area contributed by atoms with Crippen LogP contribution < -0.4 is 16.0 Å². The van der Waals surface area contributed by atoms with E-state index in [1.165, 1.54) is 5.56 Å². The van der Waals surface area contributed by atoms with Crippen LogP contribution in [0.15, 0.2) is 59.6 Å². The summed E-state index contributed by atoms with van der Waals surface area (Å²) in [6.45, 7) is 6.00. The molecule has 0 atom stereocenters. The van der Waals surface area contributed by atoms with Crippen LogP contribution >= 0.6 is 24.0 Å². The minimum absolute atomic E-state index is 0. The van der Waals surface area contributed by atoms with Crippen LogP contribution in [0.3, 0.4) is 0 Å². The molecule has 0 unspecified atom stereocenters. The van der Waals surface area contributed by atoms with Gasteiger partial charge in [-0.15, -0.1) is 24.0 Å². The van der Waals surface area contributed by atoms with E-state index in [0.29, 0.717) is 6.54 Å². The molecular weight excluding hydrogens is 501 g/mol. The quantitative estimate of drug-likeness (QED) is 0.200. The molecule has 2 amide bonds. The molecule has 1 saturated heterocycles. The lowest BCUT2D eigenvalue weighted by molar-refractivity contribution is 0.222. The summed E-state index contributed by atoms with van der Waals surface area (Å²) in [7, 11) is 0. The maximum atomic E-state index is 12.3. The summed E-state index contributed by atoms with van der Waals surface area (Å²) in [4.78, 5) is 18.9. The number of halogens is 1. The number of rotatable bonds is 8. The van der Waals surface area contributed by atoms with Gasteiger partial charge in [0.15, 0.2) is 5.96 Å². The molecule has 0 spiro atoms. The summed E-state index contributed by atoms with van der Waals surface area (Å²) in [5.74, 6) is 0.817. The number of guanidine groups is 1. The molecule has 0 aromatic heterocycles. The molecule has 1 fully saturated rings. The highest BCUT2D eigenvalue weighted by Gasteiger charge is 2.17. The van der Waals surface area contributed by atoms with E-state index in [0.717, 1.165) is 69.1 Å². The largest absolute Gasteiger partial charge is 0.357 e. The van der Waals surface area contributed by atoms with Crippen LogP contribution in [-0.2, 0) is 13.0 Å². The SMILES string of the molecule is CCNC(=NCc1cccc(NC(=O)N2CCCC2)c1)NCCCc1ccccc1.I. The highest BCUT2D eigenvalue weighted by molar-refractivity contribution is 14.0. The smallest absolute Gasteiger partial charge is 0.321 e. The highest BCUT2D eigenvalue weighted by atomic mass is 127. The van der Waals surface area contributed by atoms with E-state index in [1.54, 1.807) is 0 Å². The third-order valence-corrected chi connectivity index (χ3v) is 5.11. The Morgan fingerprint density at radius 3 is 2.48 bits per heavy atom. The van der Waals surface area contributed by atoms with Gasteiger partial charge in [-0.1, -0.05) is 42.5 Å². The third kappa shape index (κ3) is 8.77. The number of hydrogen-bond donors (Lipinski definition) is 3. The minimum Gasteiger partial charge on any atom is -0.357 e. The Morgan fingerprint density at radius 2 is 1.74 bits per heavy atom. The Bertz CT molecular complexity index is 822. The van der Waals surface area contributed by atoms with Crippen LogP contribution in [0.5, 0.6) is 0 Å². The van der Waals surface area contributed by atoms with E-state index in [-0.39, 0.29) is 30.0 Å². The molecule has 31 heavy (non-hydrogen) atoms. The number of amides is 2. The molecule has 1 heterocycles. The molecular formula is C24H34IN5O. The standard InChI is InChI=1S/C24H33N5O.HI/c1-2-25-23(26-15-9-13-20-10-4-3-5-11-20)27-19-21-12-8-14-22(18-21)28-24(30)29-16-6-7-17-29;/h3-5,8,10-12,14,18H,2,6-7,9,13,15-17,19H2,1H3,(H,28,30)(H2,25,26,27);1H. The zero-order valence-electron chi connectivity index (χ0n) is 18.3. The fourth-order valence-electron chi connectivity index (χ4n) is 3.53. The van der Waals surface area contributed by atoms with Crippen LogP contribution in [0.2, 0.25) is 0 Å². The molecule has 0 aliphatic carbocycles. The summed E-state index contributed by atoms with van der Waals surface area (Å²) in [5, 5.41) is 9.71. The molecule has 3 N–H and O–H groups in total. The molecule has 3 rings (SSSR count). The molecule has 7 heteroatoms. The van der Waals surface area contributed by atoms with Gasteiger partial charge in [0.05, 0.1) is 6.54 Å². The van der Waals surface area contributed by atoms with Gasteiger partial charge in [0.2, 0.25) is 0 Å². The van der Waals surface area contributed by atoms with Crippen molar-refractivity contribution in [1.29, 1.82) is 0 Å². The number of hydrogen-bond acceptors (Lipinski definition) is 2. The van der Waals surface area contributed by atoms with Crippen molar-refractivity contribution >= 4 is 41.7 Å². The van der Waals surface area contributed by atoms with E-state index in [1.807, 2.05) is 35.2 Å². The number of benzene rings is 2. The van der Waals surface area contributed by atoms with E-state index in [2.05, 4.69) is 47.1 Å². The van der Waals surface area contributed by atoms with Crippen molar-refractivity contribution in [3.05, 3.63) is 65.7 Å². The summed E-state index contributed by atoms with van der Waals surface area (Å²) in [6.07, 6.45) is 4.28. The number of carbonyl (C=O) groups excluding carboxylic acids is 1. The number of anilines is 1. The summed E-state index contributed by atoms with van der Waals surface area (Å²) >= 11 is 0. The minimum atomic E-state index is -0.0124. The van der Waals surface area contributed by atoms with E-state index < -0.39 is 0 Å². The maximum Gasteiger partial charge on any atom is 0.321 e. The number of aryl methyl sites for hydroxylation is 1. The normalized spacial score (nSPS) is 13.5. The maximum absolute atomic E-state index is 12.3. The first kappa shape index (κ1) is 25.0. The summed E-state index contributed by atoms with van der Waals surface area (Å²) in [5.41, 5.74) is 3.24. The fourth-order valence-corrected chi connectivity index (χ4v) is 3.53. The molecule has 1 aliphatic heterocycles. The fraction of sp³-hybridized carbons (Fsp3) is 0.417. The van der Waals surface area contributed by atoms with Crippen molar-refractivity contribution in [1.82, 2.24) is 15.5 Å². The lowest BCUT2D eigenvalue weighted by Crippen LogP contribution is -2.37. The van der Waals surface area contributed by atoms with Crippen molar-refractivity contribution in [3.8, 4) is 0 Å². The Kier molecular flexibility index (Phi) is 11.2. The molecule has 0 saturated carbocycles. The Balaban J connectivity index is 0.00000341. The van der Waals surface area contributed by atoms with Gasteiger partial charge in [0.25, 0.3) is 0 Å². The van der Waals surface area contributed by atoms with E-state index >= 15 is 0 Å². The molecule has 0 bridgehead atoms. The van der Waals surface area contributed by atoms with Crippen LogP contribution in [0.25, 0.3) is 0 Å². The molecule has 168 valence electrons. The highest BCUT2D eigenvalue weighted by Crippen LogP contribution is 2.14.